The van der Waals surface area contributed by atoms with Gasteiger partial charge in [0.2, 0.25) is 0 Å². The first-order valence-corrected chi connectivity index (χ1v) is 13.1. The Morgan fingerprint density at radius 1 is 0.969 bits per heavy atom. The second-order valence-corrected chi connectivity index (χ2v) is 11.8. The molecule has 1 saturated carbocycles. The summed E-state index contributed by atoms with van der Waals surface area (Å²) in [5.74, 6) is 0. The Bertz CT molecular complexity index is 1060. The first kappa shape index (κ1) is 22.8. The highest BCUT2D eigenvalue weighted by molar-refractivity contribution is 7.90. The van der Waals surface area contributed by atoms with E-state index < -0.39 is 9.84 Å². The van der Waals surface area contributed by atoms with E-state index in [0.29, 0.717) is 6.54 Å². The van der Waals surface area contributed by atoms with E-state index >= 15 is 0 Å². The lowest BCUT2D eigenvalue weighted by atomic mass is 9.62. The van der Waals surface area contributed by atoms with Crippen molar-refractivity contribution in [2.24, 2.45) is 0 Å². The highest BCUT2D eigenvalue weighted by Gasteiger charge is 2.49. The number of amides is 2. The largest absolute Gasteiger partial charge is 0.330 e. The number of nitrogens with zero attached hydrogens (tertiary/aromatic N) is 2. The fourth-order valence-electron chi connectivity index (χ4n) is 5.19. The predicted octanol–water partition coefficient (Wildman–Crippen LogP) is 3.82. The van der Waals surface area contributed by atoms with Gasteiger partial charge in [-0.15, -0.1) is 0 Å². The highest BCUT2D eigenvalue weighted by Crippen LogP contribution is 2.47. The Morgan fingerprint density at radius 3 is 2.16 bits per heavy atom. The summed E-state index contributed by atoms with van der Waals surface area (Å²) in [4.78, 5) is 17.1. The summed E-state index contributed by atoms with van der Waals surface area (Å²) in [5.41, 5.74) is 2.03. The molecule has 1 heterocycles. The van der Waals surface area contributed by atoms with Crippen LogP contribution < -0.4 is 10.2 Å². The summed E-state index contributed by atoms with van der Waals surface area (Å²) >= 11 is 0. The minimum Gasteiger partial charge on any atom is -0.330 e. The molecule has 2 aromatic rings. The quantitative estimate of drug-likeness (QED) is 0.719. The van der Waals surface area contributed by atoms with Gasteiger partial charge in [-0.3, -0.25) is 4.90 Å². The Kier molecular flexibility index (Phi) is 6.07. The number of carbonyl (C=O) groups excluding carboxylic acids is 1. The van der Waals surface area contributed by atoms with Crippen LogP contribution in [-0.2, 0) is 15.3 Å². The van der Waals surface area contributed by atoms with Crippen LogP contribution in [0.25, 0.3) is 0 Å². The first-order chi connectivity index (χ1) is 15.1. The van der Waals surface area contributed by atoms with E-state index in [0.717, 1.165) is 44.3 Å². The molecule has 7 heteroatoms. The molecule has 2 aromatic carbocycles. The van der Waals surface area contributed by atoms with Crippen LogP contribution in [0.4, 0.5) is 10.5 Å². The van der Waals surface area contributed by atoms with Crippen LogP contribution in [0.1, 0.15) is 37.7 Å². The SMILES string of the molecule is CN(C)CC[C@]1(c2ccccc2)CC[C@]2(CC1)CN(c1ccc(S(C)(=O)=O)cc1)C(=O)N2. The molecule has 1 saturated heterocycles. The fourth-order valence-corrected chi connectivity index (χ4v) is 5.82. The van der Waals surface area contributed by atoms with Gasteiger partial charge in [0.05, 0.1) is 17.0 Å². The van der Waals surface area contributed by atoms with Crippen molar-refractivity contribution in [3.05, 3.63) is 60.2 Å². The number of sulfone groups is 1. The number of rotatable bonds is 6. The summed E-state index contributed by atoms with van der Waals surface area (Å²) in [6.45, 7) is 1.65. The van der Waals surface area contributed by atoms with Crippen molar-refractivity contribution in [1.29, 1.82) is 0 Å². The van der Waals surface area contributed by atoms with Crippen molar-refractivity contribution in [3.8, 4) is 0 Å². The zero-order valence-electron chi connectivity index (χ0n) is 19.2. The van der Waals surface area contributed by atoms with Crippen LogP contribution in [0.3, 0.4) is 0 Å². The molecule has 172 valence electrons. The Labute approximate surface area is 191 Å². The molecular formula is C25H33N3O3S. The number of urea groups is 1. The van der Waals surface area contributed by atoms with E-state index in [1.807, 2.05) is 0 Å². The van der Waals surface area contributed by atoms with Gasteiger partial charge >= 0.3 is 6.03 Å². The van der Waals surface area contributed by atoms with Gasteiger partial charge in [-0.2, -0.15) is 0 Å². The molecular weight excluding hydrogens is 422 g/mol. The molecule has 2 fully saturated rings. The van der Waals surface area contributed by atoms with Gasteiger partial charge in [0, 0.05) is 11.9 Å². The van der Waals surface area contributed by atoms with E-state index in [1.165, 1.54) is 11.8 Å². The molecule has 1 N–H and O–H groups in total. The minimum atomic E-state index is -3.26. The summed E-state index contributed by atoms with van der Waals surface area (Å²) in [6, 6.07) is 17.3. The van der Waals surface area contributed by atoms with Gasteiger partial charge in [-0.1, -0.05) is 30.3 Å². The maximum absolute atomic E-state index is 12.9. The molecule has 4 rings (SSSR count). The van der Waals surface area contributed by atoms with Crippen molar-refractivity contribution in [2.75, 3.05) is 38.3 Å². The van der Waals surface area contributed by atoms with E-state index in [-0.39, 0.29) is 21.9 Å². The zero-order valence-corrected chi connectivity index (χ0v) is 20.0. The van der Waals surface area contributed by atoms with Crippen LogP contribution in [0.15, 0.2) is 59.5 Å². The molecule has 1 aliphatic carbocycles. The van der Waals surface area contributed by atoms with Crippen LogP contribution >= 0.6 is 0 Å². The van der Waals surface area contributed by atoms with Crippen molar-refractivity contribution >= 4 is 21.6 Å². The van der Waals surface area contributed by atoms with E-state index in [9.17, 15) is 13.2 Å². The van der Waals surface area contributed by atoms with E-state index in [4.69, 9.17) is 0 Å². The van der Waals surface area contributed by atoms with Crippen LogP contribution in [-0.4, -0.2) is 58.3 Å². The maximum atomic E-state index is 12.9. The van der Waals surface area contributed by atoms with E-state index in [2.05, 4.69) is 54.6 Å². The number of hydrogen-bond donors (Lipinski definition) is 1. The van der Waals surface area contributed by atoms with Crippen LogP contribution in [0.5, 0.6) is 0 Å². The fraction of sp³-hybridized carbons (Fsp3) is 0.480. The van der Waals surface area contributed by atoms with Crippen molar-refractivity contribution in [1.82, 2.24) is 10.2 Å². The Hall–Kier alpha value is -2.38. The molecule has 0 bridgehead atoms. The molecule has 0 radical (unpaired) electrons. The average molecular weight is 456 g/mol. The van der Waals surface area contributed by atoms with Gasteiger partial charge < -0.3 is 10.2 Å². The molecule has 0 unspecified atom stereocenters. The average Bonchev–Trinajstić information content (AvgIpc) is 3.10. The first-order valence-electron chi connectivity index (χ1n) is 11.2. The Morgan fingerprint density at radius 2 is 1.59 bits per heavy atom. The Balaban J connectivity index is 1.51. The van der Waals surface area contributed by atoms with Crippen molar-refractivity contribution in [3.63, 3.8) is 0 Å². The van der Waals surface area contributed by atoms with Gasteiger partial charge in [-0.25, -0.2) is 13.2 Å². The molecule has 1 aliphatic heterocycles. The number of anilines is 1. The number of carbonyl (C=O) groups is 1. The molecule has 1 spiro atoms. The lowest BCUT2D eigenvalue weighted by molar-refractivity contribution is 0.169. The third-order valence-corrected chi connectivity index (χ3v) is 8.37. The molecule has 0 atom stereocenters. The summed E-state index contributed by atoms with van der Waals surface area (Å²) in [7, 11) is 0.979. The van der Waals surface area contributed by atoms with Crippen LogP contribution in [0, 0.1) is 0 Å². The lowest BCUT2D eigenvalue weighted by Gasteiger charge is -2.45. The van der Waals surface area contributed by atoms with Gasteiger partial charge in [0.25, 0.3) is 0 Å². The van der Waals surface area contributed by atoms with Gasteiger partial charge in [0.1, 0.15) is 0 Å². The summed E-state index contributed by atoms with van der Waals surface area (Å²) < 4.78 is 23.5. The topological polar surface area (TPSA) is 69.7 Å². The van der Waals surface area contributed by atoms with Gasteiger partial charge in [-0.05, 0) is 88.0 Å². The lowest BCUT2D eigenvalue weighted by Crippen LogP contribution is -2.50. The molecule has 6 nitrogen and oxygen atoms in total. The zero-order chi connectivity index (χ0) is 23.0. The monoisotopic (exact) mass is 455 g/mol. The second-order valence-electron chi connectivity index (χ2n) is 9.76. The van der Waals surface area contributed by atoms with Crippen LogP contribution in [0.2, 0.25) is 0 Å². The normalized spacial score (nSPS) is 26.0. The standard InChI is InChI=1S/C25H33N3O3S/c1-27(2)18-17-24(20-7-5-4-6-8-20)13-15-25(16-14-24)19-28(23(29)26-25)21-9-11-22(12-10-21)32(3,30)31/h4-12H,13-19H2,1-3H3,(H,26,29)/t24-,25-. The van der Waals surface area contributed by atoms with Crippen molar-refractivity contribution < 1.29 is 13.2 Å². The minimum absolute atomic E-state index is 0.0994. The predicted molar refractivity (Wildman–Crippen MR) is 128 cm³/mol. The van der Waals surface area contributed by atoms with Gasteiger partial charge in [0.15, 0.2) is 9.84 Å². The third kappa shape index (κ3) is 4.55. The molecule has 0 aromatic heterocycles. The summed E-state index contributed by atoms with van der Waals surface area (Å²) in [6.07, 6.45) is 6.22. The van der Waals surface area contributed by atoms with E-state index in [1.54, 1.807) is 29.2 Å². The number of hydrogen-bond acceptors (Lipinski definition) is 4. The smallest absolute Gasteiger partial charge is 0.322 e. The maximum Gasteiger partial charge on any atom is 0.322 e. The molecule has 32 heavy (non-hydrogen) atoms. The molecule has 2 amide bonds. The van der Waals surface area contributed by atoms with Crippen molar-refractivity contribution in [2.45, 2.75) is 48.0 Å². The third-order valence-electron chi connectivity index (χ3n) is 7.24. The number of nitrogens with one attached hydrogen (secondary N) is 1. The summed E-state index contributed by atoms with van der Waals surface area (Å²) in [5, 5.41) is 3.28. The molecule has 2 aliphatic rings. The number of benzene rings is 2. The second kappa shape index (κ2) is 8.52. The highest BCUT2D eigenvalue weighted by atomic mass is 32.2.